The van der Waals surface area contributed by atoms with Crippen molar-refractivity contribution in [3.8, 4) is 17.2 Å². The summed E-state index contributed by atoms with van der Waals surface area (Å²) in [6, 6.07) is 25.8. The number of nitrogens with zero attached hydrogens (tertiary/aromatic N) is 1. The van der Waals surface area contributed by atoms with Crippen LogP contribution in [0.2, 0.25) is 0 Å². The zero-order chi connectivity index (χ0) is 32.2. The van der Waals surface area contributed by atoms with Crippen LogP contribution in [0.3, 0.4) is 0 Å². The summed E-state index contributed by atoms with van der Waals surface area (Å²) < 4.78 is 17.3. The van der Waals surface area contributed by atoms with Crippen molar-refractivity contribution in [3.05, 3.63) is 112 Å². The van der Waals surface area contributed by atoms with Crippen molar-refractivity contribution in [2.24, 2.45) is 0 Å². The summed E-state index contributed by atoms with van der Waals surface area (Å²) in [6.45, 7) is 0.0359. The lowest BCUT2D eigenvalue weighted by atomic mass is 10.1. The van der Waals surface area contributed by atoms with Gasteiger partial charge in [-0.1, -0.05) is 40.2 Å². The summed E-state index contributed by atoms with van der Waals surface area (Å²) in [5.74, 6) is -0.328. The lowest BCUT2D eigenvalue weighted by Crippen LogP contribution is -2.31. The Balaban J connectivity index is 1.22. The second kappa shape index (κ2) is 13.5. The predicted octanol–water partition coefficient (Wildman–Crippen LogP) is 6.02. The minimum atomic E-state index is -0.622. The summed E-state index contributed by atoms with van der Waals surface area (Å²) in [6.07, 6.45) is 1.56. The van der Waals surface area contributed by atoms with Gasteiger partial charge in [0, 0.05) is 27.0 Å². The van der Waals surface area contributed by atoms with E-state index in [9.17, 15) is 19.2 Å². The fourth-order valence-corrected chi connectivity index (χ4v) is 6.29. The van der Waals surface area contributed by atoms with E-state index in [2.05, 4.69) is 26.6 Å². The van der Waals surface area contributed by atoms with Crippen LogP contribution in [0.5, 0.6) is 17.2 Å². The molecule has 1 saturated heterocycles. The van der Waals surface area contributed by atoms with Crippen LogP contribution < -0.4 is 29.7 Å². The zero-order valence-corrected chi connectivity index (χ0v) is 26.7. The molecule has 0 bridgehead atoms. The number of anilines is 2. The van der Waals surface area contributed by atoms with E-state index in [1.807, 2.05) is 0 Å². The molecular weight excluding hydrogens is 674 g/mol. The monoisotopic (exact) mass is 699 g/mol. The number of benzene rings is 4. The van der Waals surface area contributed by atoms with E-state index in [0.29, 0.717) is 44.6 Å². The van der Waals surface area contributed by atoms with Crippen molar-refractivity contribution in [3.63, 3.8) is 0 Å². The van der Waals surface area contributed by atoms with Crippen molar-refractivity contribution >= 4 is 68.8 Å². The quantitative estimate of drug-likeness (QED) is 0.161. The van der Waals surface area contributed by atoms with Crippen molar-refractivity contribution in [1.29, 1.82) is 0 Å². The molecule has 0 aromatic heterocycles. The molecule has 6 rings (SSSR count). The van der Waals surface area contributed by atoms with Crippen LogP contribution in [-0.2, 0) is 14.4 Å². The van der Waals surface area contributed by atoms with Gasteiger partial charge in [-0.25, -0.2) is 4.90 Å². The van der Waals surface area contributed by atoms with Gasteiger partial charge in [0.1, 0.15) is 5.70 Å². The van der Waals surface area contributed by atoms with Gasteiger partial charge in [-0.2, -0.15) is 0 Å². The number of ether oxygens (including phenoxy) is 3. The Bertz CT molecular complexity index is 1860. The van der Waals surface area contributed by atoms with E-state index in [0.717, 1.165) is 4.47 Å². The molecule has 232 valence electrons. The van der Waals surface area contributed by atoms with Crippen molar-refractivity contribution in [2.75, 3.05) is 24.1 Å². The number of rotatable bonds is 9. The van der Waals surface area contributed by atoms with Crippen LogP contribution in [0.1, 0.15) is 22.3 Å². The second-order valence-electron chi connectivity index (χ2n) is 10.2. The molecule has 0 saturated carbocycles. The average molecular weight is 701 g/mol. The summed E-state index contributed by atoms with van der Waals surface area (Å²) in [5.41, 5.74) is 1.81. The highest BCUT2D eigenvalue weighted by Gasteiger charge is 2.40. The van der Waals surface area contributed by atoms with Gasteiger partial charge in [0.2, 0.25) is 24.4 Å². The lowest BCUT2D eigenvalue weighted by molar-refractivity contribution is -0.121. The van der Waals surface area contributed by atoms with Gasteiger partial charge < -0.3 is 24.8 Å². The maximum absolute atomic E-state index is 13.6. The predicted molar refractivity (Wildman–Crippen MR) is 177 cm³/mol. The number of carbonyl (C=O) groups is 4. The van der Waals surface area contributed by atoms with Crippen LogP contribution >= 0.6 is 27.7 Å². The van der Waals surface area contributed by atoms with Crippen LogP contribution in [0.25, 0.3) is 6.08 Å². The highest BCUT2D eigenvalue weighted by molar-refractivity contribution is 9.10. The summed E-state index contributed by atoms with van der Waals surface area (Å²) in [4.78, 5) is 54.6. The molecule has 2 N–H and O–H groups in total. The molecule has 2 aliphatic heterocycles. The largest absolute Gasteiger partial charge is 0.493 e. The van der Waals surface area contributed by atoms with E-state index in [1.54, 1.807) is 91.0 Å². The van der Waals surface area contributed by atoms with Gasteiger partial charge >= 0.3 is 0 Å². The number of fused-ring (bicyclic) bond motifs is 1. The highest BCUT2D eigenvalue weighted by Crippen LogP contribution is 2.42. The number of thioether (sulfide) groups is 1. The van der Waals surface area contributed by atoms with Gasteiger partial charge in [-0.15, -0.1) is 11.8 Å². The highest BCUT2D eigenvalue weighted by atomic mass is 79.9. The fourth-order valence-electron chi connectivity index (χ4n) is 4.91. The Morgan fingerprint density at radius 2 is 1.76 bits per heavy atom. The van der Waals surface area contributed by atoms with Crippen molar-refractivity contribution in [2.45, 2.75) is 16.6 Å². The average Bonchev–Trinajstić information content (AvgIpc) is 3.64. The molecule has 12 heteroatoms. The third-order valence-electron chi connectivity index (χ3n) is 7.08. The summed E-state index contributed by atoms with van der Waals surface area (Å²) >= 11 is 4.61. The minimum absolute atomic E-state index is 0.0328. The molecule has 1 unspecified atom stereocenters. The molecule has 4 amide bonds. The number of amides is 4. The lowest BCUT2D eigenvalue weighted by Gasteiger charge is -2.15. The first-order valence-corrected chi connectivity index (χ1v) is 15.7. The van der Waals surface area contributed by atoms with E-state index in [1.165, 1.54) is 29.8 Å². The number of nitrogens with one attached hydrogen (secondary N) is 2. The molecule has 1 atom stereocenters. The molecule has 46 heavy (non-hydrogen) atoms. The third-order valence-corrected chi connectivity index (χ3v) is 8.79. The molecule has 0 aliphatic carbocycles. The molecule has 0 spiro atoms. The van der Waals surface area contributed by atoms with Crippen LogP contribution in [-0.4, -0.2) is 42.8 Å². The van der Waals surface area contributed by atoms with E-state index >= 15 is 0 Å². The normalized spacial score (nSPS) is 15.6. The van der Waals surface area contributed by atoms with Crippen LogP contribution in [0.15, 0.2) is 106 Å². The summed E-state index contributed by atoms with van der Waals surface area (Å²) in [5, 5.41) is 4.93. The Morgan fingerprint density at radius 1 is 0.978 bits per heavy atom. The third kappa shape index (κ3) is 6.77. The van der Waals surface area contributed by atoms with E-state index in [4.69, 9.17) is 14.2 Å². The smallest absolute Gasteiger partial charge is 0.272 e. The topological polar surface area (TPSA) is 123 Å². The Kier molecular flexibility index (Phi) is 9.08. The molecule has 10 nitrogen and oxygen atoms in total. The molecule has 0 radical (unpaired) electrons. The van der Waals surface area contributed by atoms with Crippen molar-refractivity contribution < 1.29 is 33.4 Å². The molecule has 4 aromatic rings. The standard InChI is InChI=1S/C34H26BrN3O7S/c1-43-27-15-20(16-28-31(27)45-19-44-28)14-26(37-32(40)21-6-3-2-4-7-21)33(41)36-23-8-5-9-25(17-23)46-29-18-30(39)38(34(29)42)24-12-10-22(35)11-13-24/h2-17,29H,18-19H2,1H3,(H,36,41)(H,37,40). The minimum Gasteiger partial charge on any atom is -0.493 e. The Morgan fingerprint density at radius 3 is 2.52 bits per heavy atom. The number of imide groups is 1. The van der Waals surface area contributed by atoms with Gasteiger partial charge in [0.15, 0.2) is 11.5 Å². The van der Waals surface area contributed by atoms with Gasteiger partial charge in [-0.3, -0.25) is 19.2 Å². The van der Waals surface area contributed by atoms with Gasteiger partial charge in [-0.05, 0) is 78.4 Å². The second-order valence-corrected chi connectivity index (χ2v) is 12.4. The Labute approximate surface area is 276 Å². The fraction of sp³-hybridized carbons (Fsp3) is 0.118. The zero-order valence-electron chi connectivity index (χ0n) is 24.3. The first-order chi connectivity index (χ1) is 22.3. The van der Waals surface area contributed by atoms with Crippen LogP contribution in [0.4, 0.5) is 11.4 Å². The number of hydrogen-bond donors (Lipinski definition) is 2. The molecule has 1 fully saturated rings. The molecule has 2 aliphatic rings. The maximum atomic E-state index is 13.6. The Hall–Kier alpha value is -5.07. The van der Waals surface area contributed by atoms with Crippen LogP contribution in [0, 0.1) is 0 Å². The SMILES string of the molecule is COc1cc(C=C(NC(=O)c2ccccc2)C(=O)Nc2cccc(SC3CC(=O)N(c4ccc(Br)cc4)C3=O)c2)cc2c1OCO2. The molecule has 2 heterocycles. The van der Waals surface area contributed by atoms with E-state index < -0.39 is 17.1 Å². The first kappa shape index (κ1) is 30.9. The number of methoxy groups -OCH3 is 1. The number of halogens is 1. The summed E-state index contributed by atoms with van der Waals surface area (Å²) in [7, 11) is 1.49. The molecule has 4 aromatic carbocycles. The number of hydrogen-bond acceptors (Lipinski definition) is 8. The first-order valence-electron chi connectivity index (χ1n) is 14.1. The van der Waals surface area contributed by atoms with E-state index in [-0.39, 0.29) is 30.7 Å². The number of carbonyl (C=O) groups excluding carboxylic acids is 4. The maximum Gasteiger partial charge on any atom is 0.272 e. The van der Waals surface area contributed by atoms with Gasteiger partial charge in [0.05, 0.1) is 18.0 Å². The van der Waals surface area contributed by atoms with Crippen molar-refractivity contribution in [1.82, 2.24) is 5.32 Å². The van der Waals surface area contributed by atoms with Gasteiger partial charge in [0.25, 0.3) is 11.8 Å². The molecular formula is C34H26BrN3O7S.